The topological polar surface area (TPSA) is 49.8 Å². The fraction of sp³-hybridized carbons (Fsp3) is 0.300. The molecule has 0 bridgehead atoms. The molecule has 1 aliphatic rings. The Morgan fingerprint density at radius 3 is 3.00 bits per heavy atom. The molecule has 0 fully saturated rings. The molecule has 2 rings (SSSR count). The SMILES string of the molecule is N#Cc1cc(Cl)c2c(c1)[C@H](N)CC2. The summed E-state index contributed by atoms with van der Waals surface area (Å²) in [6.45, 7) is 0. The van der Waals surface area contributed by atoms with Gasteiger partial charge in [0.25, 0.3) is 0 Å². The van der Waals surface area contributed by atoms with Crippen molar-refractivity contribution >= 4 is 11.6 Å². The van der Waals surface area contributed by atoms with Gasteiger partial charge in [-0.2, -0.15) is 5.26 Å². The van der Waals surface area contributed by atoms with Crippen molar-refractivity contribution in [1.29, 1.82) is 5.26 Å². The standard InChI is InChI=1S/C10H9ClN2/c11-9-4-6(5-12)3-8-7(9)1-2-10(8)13/h3-4,10H,1-2,13H2/t10-/m1/s1. The maximum Gasteiger partial charge on any atom is 0.0992 e. The lowest BCUT2D eigenvalue weighted by molar-refractivity contribution is 0.713. The van der Waals surface area contributed by atoms with Crippen LogP contribution in [0.1, 0.15) is 29.2 Å². The Labute approximate surface area is 81.9 Å². The maximum absolute atomic E-state index is 8.73. The quantitative estimate of drug-likeness (QED) is 0.685. The maximum atomic E-state index is 8.73. The molecule has 2 nitrogen and oxygen atoms in total. The minimum atomic E-state index is 0.0563. The number of nitriles is 1. The number of fused-ring (bicyclic) bond motifs is 1. The Morgan fingerprint density at radius 2 is 2.31 bits per heavy atom. The van der Waals surface area contributed by atoms with Crippen molar-refractivity contribution in [3.8, 4) is 6.07 Å². The lowest BCUT2D eigenvalue weighted by Crippen LogP contribution is -2.05. The minimum absolute atomic E-state index is 0.0563. The summed E-state index contributed by atoms with van der Waals surface area (Å²) < 4.78 is 0. The number of rotatable bonds is 0. The van der Waals surface area contributed by atoms with E-state index < -0.39 is 0 Å². The van der Waals surface area contributed by atoms with Crippen molar-refractivity contribution in [2.45, 2.75) is 18.9 Å². The van der Waals surface area contributed by atoms with Crippen LogP contribution in [0.2, 0.25) is 5.02 Å². The van der Waals surface area contributed by atoms with Crippen LogP contribution in [-0.4, -0.2) is 0 Å². The molecule has 1 aliphatic carbocycles. The van der Waals surface area contributed by atoms with Gasteiger partial charge in [-0.05, 0) is 36.1 Å². The van der Waals surface area contributed by atoms with E-state index in [2.05, 4.69) is 6.07 Å². The fourth-order valence-corrected chi connectivity index (χ4v) is 2.09. The van der Waals surface area contributed by atoms with E-state index in [0.29, 0.717) is 10.6 Å². The molecule has 0 aromatic heterocycles. The van der Waals surface area contributed by atoms with E-state index in [1.807, 2.05) is 6.07 Å². The molecule has 1 atom stereocenters. The number of nitrogens with zero attached hydrogens (tertiary/aromatic N) is 1. The van der Waals surface area contributed by atoms with Gasteiger partial charge < -0.3 is 5.73 Å². The Morgan fingerprint density at radius 1 is 1.54 bits per heavy atom. The second-order valence-electron chi connectivity index (χ2n) is 3.28. The Hall–Kier alpha value is -1.04. The van der Waals surface area contributed by atoms with Crippen LogP contribution in [0.3, 0.4) is 0 Å². The van der Waals surface area contributed by atoms with Gasteiger partial charge in [-0.3, -0.25) is 0 Å². The minimum Gasteiger partial charge on any atom is -0.324 e. The van der Waals surface area contributed by atoms with Gasteiger partial charge in [-0.1, -0.05) is 11.6 Å². The van der Waals surface area contributed by atoms with Crippen LogP contribution in [-0.2, 0) is 6.42 Å². The van der Waals surface area contributed by atoms with Crippen LogP contribution in [0.4, 0.5) is 0 Å². The fourth-order valence-electron chi connectivity index (χ4n) is 1.77. The van der Waals surface area contributed by atoms with Crippen LogP contribution in [0.25, 0.3) is 0 Å². The number of nitrogens with two attached hydrogens (primary N) is 1. The first-order chi connectivity index (χ1) is 6.22. The Balaban J connectivity index is 2.61. The van der Waals surface area contributed by atoms with Crippen molar-refractivity contribution in [3.05, 3.63) is 33.8 Å². The normalized spacial score (nSPS) is 19.6. The van der Waals surface area contributed by atoms with Crippen molar-refractivity contribution in [2.24, 2.45) is 5.73 Å². The molecule has 1 aromatic carbocycles. The first kappa shape index (κ1) is 8.55. The monoisotopic (exact) mass is 192 g/mol. The van der Waals surface area contributed by atoms with Crippen LogP contribution in [0.15, 0.2) is 12.1 Å². The van der Waals surface area contributed by atoms with E-state index in [-0.39, 0.29) is 6.04 Å². The summed E-state index contributed by atoms with van der Waals surface area (Å²) in [6.07, 6.45) is 1.87. The summed E-state index contributed by atoms with van der Waals surface area (Å²) in [5.74, 6) is 0. The summed E-state index contributed by atoms with van der Waals surface area (Å²) >= 11 is 6.01. The van der Waals surface area contributed by atoms with Gasteiger partial charge in [-0.15, -0.1) is 0 Å². The lowest BCUT2D eigenvalue weighted by Gasteiger charge is -2.05. The summed E-state index contributed by atoms with van der Waals surface area (Å²) in [7, 11) is 0. The predicted molar refractivity (Wildman–Crippen MR) is 51.4 cm³/mol. The van der Waals surface area contributed by atoms with Crippen molar-refractivity contribution in [2.75, 3.05) is 0 Å². The average molecular weight is 193 g/mol. The van der Waals surface area contributed by atoms with E-state index in [4.69, 9.17) is 22.6 Å². The van der Waals surface area contributed by atoms with Crippen molar-refractivity contribution < 1.29 is 0 Å². The van der Waals surface area contributed by atoms with Crippen LogP contribution in [0.5, 0.6) is 0 Å². The molecule has 3 heteroatoms. The third-order valence-electron chi connectivity index (χ3n) is 2.46. The molecule has 66 valence electrons. The van der Waals surface area contributed by atoms with E-state index in [1.165, 1.54) is 0 Å². The number of benzene rings is 1. The van der Waals surface area contributed by atoms with E-state index >= 15 is 0 Å². The highest BCUT2D eigenvalue weighted by molar-refractivity contribution is 6.31. The smallest absolute Gasteiger partial charge is 0.0992 e. The summed E-state index contributed by atoms with van der Waals surface area (Å²) in [4.78, 5) is 0. The predicted octanol–water partition coefficient (Wildman–Crippen LogP) is 2.16. The van der Waals surface area contributed by atoms with E-state index in [0.717, 1.165) is 24.0 Å². The molecular formula is C10H9ClN2. The van der Waals surface area contributed by atoms with Crippen LogP contribution in [0, 0.1) is 11.3 Å². The van der Waals surface area contributed by atoms with Gasteiger partial charge in [0.1, 0.15) is 0 Å². The largest absolute Gasteiger partial charge is 0.324 e. The second kappa shape index (κ2) is 3.02. The molecule has 0 amide bonds. The molecule has 0 heterocycles. The van der Waals surface area contributed by atoms with Gasteiger partial charge in [-0.25, -0.2) is 0 Å². The van der Waals surface area contributed by atoms with Gasteiger partial charge in [0, 0.05) is 11.1 Å². The summed E-state index contributed by atoms with van der Waals surface area (Å²) in [5.41, 5.74) is 8.63. The molecule has 13 heavy (non-hydrogen) atoms. The molecule has 0 radical (unpaired) electrons. The number of hydrogen-bond donors (Lipinski definition) is 1. The zero-order valence-corrected chi connectivity index (χ0v) is 7.80. The Bertz CT molecular complexity index is 393. The molecular weight excluding hydrogens is 184 g/mol. The number of halogens is 1. The molecule has 0 aliphatic heterocycles. The molecule has 0 saturated heterocycles. The average Bonchev–Trinajstić information content (AvgIpc) is 2.48. The number of hydrogen-bond acceptors (Lipinski definition) is 2. The molecule has 0 unspecified atom stereocenters. The van der Waals surface area contributed by atoms with Gasteiger partial charge >= 0.3 is 0 Å². The zero-order chi connectivity index (χ0) is 9.42. The molecule has 0 saturated carbocycles. The molecule has 0 spiro atoms. The first-order valence-electron chi connectivity index (χ1n) is 4.20. The first-order valence-corrected chi connectivity index (χ1v) is 4.58. The highest BCUT2D eigenvalue weighted by atomic mass is 35.5. The highest BCUT2D eigenvalue weighted by Crippen LogP contribution is 2.34. The lowest BCUT2D eigenvalue weighted by atomic mass is 10.1. The third-order valence-corrected chi connectivity index (χ3v) is 2.80. The van der Waals surface area contributed by atoms with Gasteiger partial charge in [0.05, 0.1) is 11.6 Å². The van der Waals surface area contributed by atoms with Crippen LogP contribution >= 0.6 is 11.6 Å². The van der Waals surface area contributed by atoms with Crippen LogP contribution < -0.4 is 5.73 Å². The zero-order valence-electron chi connectivity index (χ0n) is 7.05. The van der Waals surface area contributed by atoms with Gasteiger partial charge in [0.15, 0.2) is 0 Å². The molecule has 2 N–H and O–H groups in total. The summed E-state index contributed by atoms with van der Waals surface area (Å²) in [6, 6.07) is 5.69. The van der Waals surface area contributed by atoms with Gasteiger partial charge in [0.2, 0.25) is 0 Å². The summed E-state index contributed by atoms with van der Waals surface area (Å²) in [5, 5.41) is 9.41. The highest BCUT2D eigenvalue weighted by Gasteiger charge is 2.21. The van der Waals surface area contributed by atoms with Crippen molar-refractivity contribution in [1.82, 2.24) is 0 Å². The van der Waals surface area contributed by atoms with Crippen molar-refractivity contribution in [3.63, 3.8) is 0 Å². The Kier molecular flexibility index (Phi) is 1.99. The third kappa shape index (κ3) is 1.31. The van der Waals surface area contributed by atoms with E-state index in [1.54, 1.807) is 6.07 Å². The van der Waals surface area contributed by atoms with E-state index in [9.17, 15) is 0 Å². The second-order valence-corrected chi connectivity index (χ2v) is 3.69. The molecule has 1 aromatic rings.